The minimum atomic E-state index is 0.925. The molecule has 6 heteroatoms. The first kappa shape index (κ1) is 18.2. The van der Waals surface area contributed by atoms with Crippen LogP contribution in [0.1, 0.15) is 21.6 Å². The van der Waals surface area contributed by atoms with E-state index in [1.54, 1.807) is 24.8 Å². The molecule has 1 aliphatic rings. The predicted molar refractivity (Wildman–Crippen MR) is 112 cm³/mol. The first-order valence-corrected chi connectivity index (χ1v) is 10.2. The van der Waals surface area contributed by atoms with Gasteiger partial charge in [0.15, 0.2) is 0 Å². The Balaban J connectivity index is 1.49. The number of hydrogen-bond donors (Lipinski definition) is 0. The van der Waals surface area contributed by atoms with Crippen LogP contribution in [0.5, 0.6) is 5.75 Å². The molecule has 1 aromatic carbocycles. The normalized spacial score (nSPS) is 15.5. The zero-order chi connectivity index (χ0) is 19.0. The SMILES string of the molecule is COc1ccc(C)cc1CN1CCN(c2ncnc3sc(C)c(C)c23)CC1. The Kier molecular flexibility index (Phi) is 5.02. The number of fused-ring (bicyclic) bond motifs is 1. The largest absolute Gasteiger partial charge is 0.496 e. The molecule has 4 rings (SSSR count). The molecule has 0 aliphatic carbocycles. The van der Waals surface area contributed by atoms with Crippen LogP contribution in [0, 0.1) is 20.8 Å². The molecular formula is C21H26N4OS. The monoisotopic (exact) mass is 382 g/mol. The third-order valence-corrected chi connectivity index (χ3v) is 6.56. The Labute approximate surface area is 164 Å². The molecule has 0 N–H and O–H groups in total. The number of hydrogen-bond acceptors (Lipinski definition) is 6. The van der Waals surface area contributed by atoms with E-state index in [0.717, 1.165) is 49.1 Å². The Morgan fingerprint density at radius 1 is 1.07 bits per heavy atom. The van der Waals surface area contributed by atoms with Crippen molar-refractivity contribution in [3.05, 3.63) is 46.1 Å². The molecule has 3 heterocycles. The summed E-state index contributed by atoms with van der Waals surface area (Å²) in [5.41, 5.74) is 3.85. The molecule has 5 nitrogen and oxygen atoms in total. The average Bonchev–Trinajstić information content (AvgIpc) is 2.97. The van der Waals surface area contributed by atoms with Gasteiger partial charge in [-0.3, -0.25) is 4.90 Å². The maximum absolute atomic E-state index is 5.54. The molecule has 0 atom stereocenters. The molecular weight excluding hydrogens is 356 g/mol. The van der Waals surface area contributed by atoms with Gasteiger partial charge in [-0.05, 0) is 32.4 Å². The molecule has 1 saturated heterocycles. The van der Waals surface area contributed by atoms with Gasteiger partial charge >= 0.3 is 0 Å². The Bertz CT molecular complexity index is 960. The van der Waals surface area contributed by atoms with E-state index < -0.39 is 0 Å². The lowest BCUT2D eigenvalue weighted by Gasteiger charge is -2.36. The summed E-state index contributed by atoms with van der Waals surface area (Å²) in [7, 11) is 1.75. The molecule has 2 aromatic heterocycles. The predicted octanol–water partition coefficient (Wildman–Crippen LogP) is 3.95. The second-order valence-corrected chi connectivity index (χ2v) is 8.44. The molecule has 3 aromatic rings. The van der Waals surface area contributed by atoms with Crippen LogP contribution in [0.25, 0.3) is 10.2 Å². The number of anilines is 1. The lowest BCUT2D eigenvalue weighted by molar-refractivity contribution is 0.245. The summed E-state index contributed by atoms with van der Waals surface area (Å²) in [6.45, 7) is 11.4. The second kappa shape index (κ2) is 7.44. The topological polar surface area (TPSA) is 41.5 Å². The number of aromatic nitrogens is 2. The fourth-order valence-electron chi connectivity index (χ4n) is 3.79. The Morgan fingerprint density at radius 3 is 2.59 bits per heavy atom. The molecule has 0 radical (unpaired) electrons. The van der Waals surface area contributed by atoms with Crippen molar-refractivity contribution in [2.24, 2.45) is 0 Å². The molecule has 0 bridgehead atoms. The van der Waals surface area contributed by atoms with Crippen molar-refractivity contribution in [1.29, 1.82) is 0 Å². The van der Waals surface area contributed by atoms with Crippen molar-refractivity contribution >= 4 is 27.4 Å². The molecule has 0 spiro atoms. The molecule has 0 saturated carbocycles. The van der Waals surface area contributed by atoms with Gasteiger partial charge in [0.2, 0.25) is 0 Å². The van der Waals surface area contributed by atoms with Crippen molar-refractivity contribution < 1.29 is 4.74 Å². The minimum absolute atomic E-state index is 0.925. The molecule has 0 amide bonds. The van der Waals surface area contributed by atoms with Gasteiger partial charge in [-0.25, -0.2) is 9.97 Å². The highest BCUT2D eigenvalue weighted by atomic mass is 32.1. The number of methoxy groups -OCH3 is 1. The lowest BCUT2D eigenvalue weighted by Crippen LogP contribution is -2.46. The van der Waals surface area contributed by atoms with Crippen molar-refractivity contribution in [3.8, 4) is 5.75 Å². The summed E-state index contributed by atoms with van der Waals surface area (Å²) < 4.78 is 5.54. The van der Waals surface area contributed by atoms with E-state index in [1.165, 1.54) is 27.0 Å². The van der Waals surface area contributed by atoms with Gasteiger partial charge in [0, 0.05) is 43.2 Å². The van der Waals surface area contributed by atoms with E-state index in [9.17, 15) is 0 Å². The Morgan fingerprint density at radius 2 is 1.85 bits per heavy atom. The highest BCUT2D eigenvalue weighted by Crippen LogP contribution is 2.34. The van der Waals surface area contributed by atoms with Crippen LogP contribution in [-0.4, -0.2) is 48.2 Å². The molecule has 27 heavy (non-hydrogen) atoms. The van der Waals surface area contributed by atoms with Gasteiger partial charge in [-0.2, -0.15) is 0 Å². The van der Waals surface area contributed by atoms with Crippen LogP contribution in [0.15, 0.2) is 24.5 Å². The number of benzene rings is 1. The summed E-state index contributed by atoms with van der Waals surface area (Å²) in [5.74, 6) is 2.07. The van der Waals surface area contributed by atoms with Gasteiger partial charge in [0.05, 0.1) is 12.5 Å². The lowest BCUT2D eigenvalue weighted by atomic mass is 10.1. The van der Waals surface area contributed by atoms with Crippen LogP contribution < -0.4 is 9.64 Å². The quantitative estimate of drug-likeness (QED) is 0.683. The molecule has 1 aliphatic heterocycles. The molecule has 1 fully saturated rings. The van der Waals surface area contributed by atoms with E-state index in [2.05, 4.69) is 58.7 Å². The van der Waals surface area contributed by atoms with Crippen LogP contribution in [0.4, 0.5) is 5.82 Å². The maximum atomic E-state index is 5.54. The zero-order valence-corrected chi connectivity index (χ0v) is 17.3. The smallest absolute Gasteiger partial charge is 0.141 e. The van der Waals surface area contributed by atoms with Crippen LogP contribution >= 0.6 is 11.3 Å². The van der Waals surface area contributed by atoms with Gasteiger partial charge in [-0.1, -0.05) is 17.7 Å². The fourth-order valence-corrected chi connectivity index (χ4v) is 4.78. The van der Waals surface area contributed by atoms with E-state index in [4.69, 9.17) is 4.74 Å². The van der Waals surface area contributed by atoms with Crippen molar-refractivity contribution in [2.45, 2.75) is 27.3 Å². The number of nitrogens with zero attached hydrogens (tertiary/aromatic N) is 4. The minimum Gasteiger partial charge on any atom is -0.496 e. The highest BCUT2D eigenvalue weighted by molar-refractivity contribution is 7.18. The van der Waals surface area contributed by atoms with Crippen LogP contribution in [0.3, 0.4) is 0 Å². The van der Waals surface area contributed by atoms with E-state index >= 15 is 0 Å². The average molecular weight is 383 g/mol. The summed E-state index contributed by atoms with van der Waals surface area (Å²) >= 11 is 1.76. The number of thiophene rings is 1. The van der Waals surface area contributed by atoms with Crippen molar-refractivity contribution in [1.82, 2.24) is 14.9 Å². The van der Waals surface area contributed by atoms with E-state index in [1.807, 2.05) is 0 Å². The number of ether oxygens (including phenoxy) is 1. The second-order valence-electron chi connectivity index (χ2n) is 7.24. The zero-order valence-electron chi connectivity index (χ0n) is 16.5. The van der Waals surface area contributed by atoms with Crippen LogP contribution in [-0.2, 0) is 6.54 Å². The standard InChI is InChI=1S/C21H26N4OS/c1-14-5-6-18(26-4)17(11-14)12-24-7-9-25(10-8-24)20-19-15(2)16(3)27-21(19)23-13-22-20/h5-6,11,13H,7-10,12H2,1-4H3. The van der Waals surface area contributed by atoms with Crippen molar-refractivity contribution in [2.75, 3.05) is 38.2 Å². The third kappa shape index (κ3) is 3.51. The van der Waals surface area contributed by atoms with Gasteiger partial charge in [0.1, 0.15) is 22.7 Å². The van der Waals surface area contributed by atoms with Crippen LogP contribution in [0.2, 0.25) is 0 Å². The number of rotatable bonds is 4. The summed E-state index contributed by atoms with van der Waals surface area (Å²) in [4.78, 5) is 16.4. The number of piperazine rings is 1. The molecule has 0 unspecified atom stereocenters. The van der Waals surface area contributed by atoms with E-state index in [-0.39, 0.29) is 0 Å². The first-order valence-electron chi connectivity index (χ1n) is 9.38. The van der Waals surface area contributed by atoms with Gasteiger partial charge in [0.25, 0.3) is 0 Å². The van der Waals surface area contributed by atoms with Gasteiger partial charge in [-0.15, -0.1) is 11.3 Å². The summed E-state index contributed by atoms with van der Waals surface area (Å²) in [6, 6.07) is 6.41. The first-order chi connectivity index (χ1) is 13.1. The Hall–Kier alpha value is -2.18. The summed E-state index contributed by atoms with van der Waals surface area (Å²) in [6.07, 6.45) is 1.71. The maximum Gasteiger partial charge on any atom is 0.141 e. The highest BCUT2D eigenvalue weighted by Gasteiger charge is 2.22. The van der Waals surface area contributed by atoms with Crippen molar-refractivity contribution in [3.63, 3.8) is 0 Å². The number of aryl methyl sites for hydroxylation is 3. The third-order valence-electron chi connectivity index (χ3n) is 5.45. The van der Waals surface area contributed by atoms with Gasteiger partial charge < -0.3 is 9.64 Å². The molecule has 142 valence electrons. The fraction of sp³-hybridized carbons (Fsp3) is 0.429. The summed E-state index contributed by atoms with van der Waals surface area (Å²) in [5, 5.41) is 1.23. The van der Waals surface area contributed by atoms with E-state index in [0.29, 0.717) is 0 Å².